The molecule has 9 heteroatoms. The lowest BCUT2D eigenvalue weighted by Crippen LogP contribution is -2.37. The van der Waals surface area contributed by atoms with Gasteiger partial charge in [0.25, 0.3) is 5.56 Å². The fraction of sp³-hybridized carbons (Fsp3) is 0.364. The van der Waals surface area contributed by atoms with Crippen molar-refractivity contribution in [3.8, 4) is 0 Å². The molecule has 0 N–H and O–H groups in total. The van der Waals surface area contributed by atoms with Crippen molar-refractivity contribution in [1.82, 2.24) is 29.0 Å². The number of hydrogen-bond donors (Lipinski definition) is 0. The molecule has 0 aromatic carbocycles. The van der Waals surface area contributed by atoms with E-state index >= 15 is 0 Å². The first kappa shape index (κ1) is 12.3. The second-order valence-corrected chi connectivity index (χ2v) is 4.55. The molecular weight excluding hydrogens is 264 g/mol. The van der Waals surface area contributed by atoms with Crippen LogP contribution in [0.2, 0.25) is 0 Å². The van der Waals surface area contributed by atoms with Crippen LogP contribution in [-0.4, -0.2) is 29.0 Å². The summed E-state index contributed by atoms with van der Waals surface area (Å²) in [6.07, 6.45) is 1.50. The van der Waals surface area contributed by atoms with Gasteiger partial charge in [0.15, 0.2) is 11.2 Å². The average Bonchev–Trinajstić information content (AvgIpc) is 3.02. The van der Waals surface area contributed by atoms with E-state index < -0.39 is 11.2 Å². The van der Waals surface area contributed by atoms with Crippen molar-refractivity contribution < 1.29 is 4.63 Å². The number of nitrogens with zero attached hydrogens (tertiary/aromatic N) is 6. The van der Waals surface area contributed by atoms with Crippen LogP contribution in [0.15, 0.2) is 20.5 Å². The highest BCUT2D eigenvalue weighted by Gasteiger charge is 2.16. The summed E-state index contributed by atoms with van der Waals surface area (Å²) in [6.45, 7) is 2.07. The predicted molar refractivity (Wildman–Crippen MR) is 68.4 cm³/mol. The second kappa shape index (κ2) is 4.15. The highest BCUT2D eigenvalue weighted by molar-refractivity contribution is 5.70. The third-order valence-electron chi connectivity index (χ3n) is 3.28. The molecule has 104 valence electrons. The van der Waals surface area contributed by atoms with Gasteiger partial charge in [-0.25, -0.2) is 14.4 Å². The van der Waals surface area contributed by atoms with E-state index in [4.69, 9.17) is 0 Å². The van der Waals surface area contributed by atoms with Gasteiger partial charge in [0.1, 0.15) is 11.4 Å². The molecule has 0 bridgehead atoms. The molecule has 0 saturated carbocycles. The maximum absolute atomic E-state index is 12.2. The molecule has 0 radical (unpaired) electrons. The van der Waals surface area contributed by atoms with Gasteiger partial charge >= 0.3 is 5.69 Å². The van der Waals surface area contributed by atoms with Crippen LogP contribution in [0.25, 0.3) is 11.2 Å². The molecule has 0 aliphatic rings. The van der Waals surface area contributed by atoms with Gasteiger partial charge in [0, 0.05) is 14.1 Å². The van der Waals surface area contributed by atoms with Gasteiger partial charge in [-0.05, 0) is 6.92 Å². The maximum Gasteiger partial charge on any atom is 0.332 e. The van der Waals surface area contributed by atoms with Crippen LogP contribution in [-0.2, 0) is 20.6 Å². The van der Waals surface area contributed by atoms with E-state index in [9.17, 15) is 9.59 Å². The lowest BCUT2D eigenvalue weighted by Gasteiger charge is -2.05. The summed E-state index contributed by atoms with van der Waals surface area (Å²) in [6, 6.07) is 0. The van der Waals surface area contributed by atoms with Crippen LogP contribution in [0.3, 0.4) is 0 Å². The summed E-state index contributed by atoms with van der Waals surface area (Å²) in [5, 5.41) is 7.47. The summed E-state index contributed by atoms with van der Waals surface area (Å²) >= 11 is 0. The zero-order valence-corrected chi connectivity index (χ0v) is 11.2. The van der Waals surface area contributed by atoms with Gasteiger partial charge in [0.05, 0.1) is 12.9 Å². The topological polar surface area (TPSA) is 101 Å². The minimum absolute atomic E-state index is 0.305. The minimum atomic E-state index is -0.410. The Balaban J connectivity index is 2.27. The van der Waals surface area contributed by atoms with Crippen molar-refractivity contribution in [2.45, 2.75) is 13.5 Å². The van der Waals surface area contributed by atoms with E-state index in [0.29, 0.717) is 29.1 Å². The SMILES string of the molecule is Cc1nonc1Cn1cnc2c1c(=O)n(C)c(=O)n2C. The molecule has 0 spiro atoms. The Morgan fingerprint density at radius 1 is 1.20 bits per heavy atom. The summed E-state index contributed by atoms with van der Waals surface area (Å²) < 4.78 is 8.64. The van der Waals surface area contributed by atoms with Crippen molar-refractivity contribution in [1.29, 1.82) is 0 Å². The first-order valence-corrected chi connectivity index (χ1v) is 5.89. The molecule has 3 rings (SSSR count). The number of imidazole rings is 1. The van der Waals surface area contributed by atoms with E-state index in [-0.39, 0.29) is 0 Å². The highest BCUT2D eigenvalue weighted by atomic mass is 16.6. The van der Waals surface area contributed by atoms with Crippen molar-refractivity contribution in [3.63, 3.8) is 0 Å². The first-order chi connectivity index (χ1) is 9.50. The van der Waals surface area contributed by atoms with Crippen LogP contribution in [0, 0.1) is 6.92 Å². The third-order valence-corrected chi connectivity index (χ3v) is 3.28. The number of hydrogen-bond acceptors (Lipinski definition) is 6. The largest absolute Gasteiger partial charge is 0.332 e. The van der Waals surface area contributed by atoms with Crippen molar-refractivity contribution >= 4 is 11.2 Å². The minimum Gasteiger partial charge on any atom is -0.318 e. The van der Waals surface area contributed by atoms with Crippen molar-refractivity contribution in [2.24, 2.45) is 14.1 Å². The Morgan fingerprint density at radius 3 is 2.60 bits per heavy atom. The molecule has 20 heavy (non-hydrogen) atoms. The lowest BCUT2D eigenvalue weighted by molar-refractivity contribution is 0.300. The summed E-state index contributed by atoms with van der Waals surface area (Å²) in [7, 11) is 3.01. The zero-order chi connectivity index (χ0) is 14.4. The van der Waals surface area contributed by atoms with Gasteiger partial charge in [-0.15, -0.1) is 0 Å². The molecule has 0 saturated heterocycles. The molecule has 0 atom stereocenters. The Hall–Kier alpha value is -2.71. The van der Waals surface area contributed by atoms with E-state index in [1.807, 2.05) is 0 Å². The number of aryl methyl sites for hydroxylation is 2. The van der Waals surface area contributed by atoms with Crippen molar-refractivity contribution in [3.05, 3.63) is 38.6 Å². The van der Waals surface area contributed by atoms with Crippen LogP contribution in [0.5, 0.6) is 0 Å². The van der Waals surface area contributed by atoms with E-state index in [1.54, 1.807) is 18.5 Å². The van der Waals surface area contributed by atoms with E-state index in [1.165, 1.54) is 17.9 Å². The molecule has 3 aromatic heterocycles. The molecule has 3 aromatic rings. The van der Waals surface area contributed by atoms with Gasteiger partial charge in [-0.3, -0.25) is 13.9 Å². The zero-order valence-electron chi connectivity index (χ0n) is 11.2. The quantitative estimate of drug-likeness (QED) is 0.605. The molecule has 0 unspecified atom stereocenters. The highest BCUT2D eigenvalue weighted by Crippen LogP contribution is 2.09. The van der Waals surface area contributed by atoms with Crippen LogP contribution >= 0.6 is 0 Å². The standard InChI is InChI=1S/C11H12N6O3/c1-6-7(14-20-13-6)4-17-5-12-9-8(17)10(18)16(3)11(19)15(9)2/h5H,4H2,1-3H3. The third kappa shape index (κ3) is 1.59. The lowest BCUT2D eigenvalue weighted by atomic mass is 10.3. The van der Waals surface area contributed by atoms with Gasteiger partial charge in [-0.1, -0.05) is 10.3 Å². The van der Waals surface area contributed by atoms with Gasteiger partial charge in [-0.2, -0.15) is 0 Å². The Morgan fingerprint density at radius 2 is 1.95 bits per heavy atom. The maximum atomic E-state index is 12.2. The molecule has 0 aliphatic carbocycles. The van der Waals surface area contributed by atoms with E-state index in [2.05, 4.69) is 19.9 Å². The predicted octanol–water partition coefficient (Wildman–Crippen LogP) is -0.827. The van der Waals surface area contributed by atoms with Crippen LogP contribution in [0.1, 0.15) is 11.4 Å². The Labute approximate surface area is 112 Å². The normalized spacial score (nSPS) is 11.3. The number of rotatable bonds is 2. The smallest absolute Gasteiger partial charge is 0.318 e. The second-order valence-electron chi connectivity index (χ2n) is 4.55. The fourth-order valence-electron chi connectivity index (χ4n) is 2.07. The number of aromatic nitrogens is 6. The summed E-state index contributed by atoms with van der Waals surface area (Å²) in [5.74, 6) is 0. The first-order valence-electron chi connectivity index (χ1n) is 5.89. The number of fused-ring (bicyclic) bond motifs is 1. The Kier molecular flexibility index (Phi) is 2.56. The average molecular weight is 276 g/mol. The van der Waals surface area contributed by atoms with Gasteiger partial charge < -0.3 is 4.57 Å². The molecule has 0 amide bonds. The van der Waals surface area contributed by atoms with E-state index in [0.717, 1.165) is 4.57 Å². The molecule has 9 nitrogen and oxygen atoms in total. The summed E-state index contributed by atoms with van der Waals surface area (Å²) in [4.78, 5) is 28.2. The summed E-state index contributed by atoms with van der Waals surface area (Å²) in [5.41, 5.74) is 1.14. The van der Waals surface area contributed by atoms with Crippen LogP contribution < -0.4 is 11.2 Å². The van der Waals surface area contributed by atoms with Crippen molar-refractivity contribution in [2.75, 3.05) is 0 Å². The molecular formula is C11H12N6O3. The van der Waals surface area contributed by atoms with Gasteiger partial charge in [0.2, 0.25) is 0 Å². The fourth-order valence-corrected chi connectivity index (χ4v) is 2.07. The van der Waals surface area contributed by atoms with Crippen LogP contribution in [0.4, 0.5) is 0 Å². The Bertz CT molecular complexity index is 913. The monoisotopic (exact) mass is 276 g/mol. The molecule has 0 aliphatic heterocycles. The molecule has 0 fully saturated rings. The molecule has 3 heterocycles.